The number of nitrogens with one attached hydrogen (secondary N) is 2. The fraction of sp³-hybridized carbons (Fsp3) is 0.176. The van der Waals surface area contributed by atoms with Gasteiger partial charge in [0.1, 0.15) is 5.75 Å². The third-order valence-corrected chi connectivity index (χ3v) is 3.99. The molecule has 2 N–H and O–H groups in total. The minimum atomic E-state index is -0.282. The van der Waals surface area contributed by atoms with Crippen LogP contribution in [0.25, 0.3) is 0 Å². The maximum atomic E-state index is 11.9. The van der Waals surface area contributed by atoms with Crippen LogP contribution in [-0.2, 0) is 16.0 Å². The first-order valence-electron chi connectivity index (χ1n) is 7.15. The summed E-state index contributed by atoms with van der Waals surface area (Å²) < 4.78 is 6.13. The van der Waals surface area contributed by atoms with Crippen LogP contribution < -0.4 is 15.4 Å². The predicted molar refractivity (Wildman–Crippen MR) is 97.5 cm³/mol. The summed E-state index contributed by atoms with van der Waals surface area (Å²) >= 11 is 9.17. The molecule has 0 bridgehead atoms. The molecule has 0 aliphatic heterocycles. The lowest BCUT2D eigenvalue weighted by molar-refractivity contribution is -0.120. The molecule has 0 unspecified atom stereocenters. The number of likely N-dealkylation sites (N-methyl/N-ethyl adjacent to an activating group) is 1. The molecule has 2 rings (SSSR count). The van der Waals surface area contributed by atoms with E-state index < -0.39 is 0 Å². The van der Waals surface area contributed by atoms with E-state index in [1.54, 1.807) is 49.5 Å². The first-order valence-corrected chi connectivity index (χ1v) is 8.32. The average molecular weight is 412 g/mol. The van der Waals surface area contributed by atoms with Gasteiger partial charge in [-0.15, -0.1) is 0 Å². The van der Waals surface area contributed by atoms with E-state index in [2.05, 4.69) is 26.6 Å². The summed E-state index contributed by atoms with van der Waals surface area (Å²) in [6.45, 7) is -0.125. The summed E-state index contributed by atoms with van der Waals surface area (Å²) in [7, 11) is 1.59. The van der Waals surface area contributed by atoms with Crippen molar-refractivity contribution in [2.24, 2.45) is 0 Å². The standard InChI is InChI=1S/C17H16BrClN2O3/c1-20-16(22)8-11-2-5-13(6-3-11)21-17(23)10-24-15-7-4-12(19)9-14(15)18/h2-7,9H,8,10H2,1H3,(H,20,22)(H,21,23). The lowest BCUT2D eigenvalue weighted by Gasteiger charge is -2.09. The summed E-state index contributed by atoms with van der Waals surface area (Å²) in [5, 5.41) is 5.87. The van der Waals surface area contributed by atoms with Crippen LogP contribution in [-0.4, -0.2) is 25.5 Å². The molecule has 24 heavy (non-hydrogen) atoms. The largest absolute Gasteiger partial charge is 0.483 e. The Bertz CT molecular complexity index is 735. The van der Waals surface area contributed by atoms with Gasteiger partial charge >= 0.3 is 0 Å². The van der Waals surface area contributed by atoms with Crippen LogP contribution in [0.2, 0.25) is 5.02 Å². The summed E-state index contributed by atoms with van der Waals surface area (Å²) in [6.07, 6.45) is 0.304. The van der Waals surface area contributed by atoms with Crippen LogP contribution in [0, 0.1) is 0 Å². The molecule has 0 aliphatic carbocycles. The predicted octanol–water partition coefficient (Wildman–Crippen LogP) is 3.41. The van der Waals surface area contributed by atoms with Crippen molar-refractivity contribution in [2.75, 3.05) is 19.0 Å². The molecule has 0 saturated carbocycles. The van der Waals surface area contributed by atoms with E-state index in [1.165, 1.54) is 0 Å². The molecule has 0 radical (unpaired) electrons. The van der Waals surface area contributed by atoms with E-state index in [0.29, 0.717) is 27.4 Å². The van der Waals surface area contributed by atoms with E-state index >= 15 is 0 Å². The lowest BCUT2D eigenvalue weighted by Crippen LogP contribution is -2.21. The zero-order valence-electron chi connectivity index (χ0n) is 12.9. The number of hydrogen-bond donors (Lipinski definition) is 2. The van der Waals surface area contributed by atoms with Gasteiger partial charge in [-0.05, 0) is 51.8 Å². The van der Waals surface area contributed by atoms with Crippen LogP contribution in [0.3, 0.4) is 0 Å². The molecule has 2 aromatic carbocycles. The van der Waals surface area contributed by atoms with Gasteiger partial charge in [0.15, 0.2) is 6.61 Å². The fourth-order valence-corrected chi connectivity index (χ4v) is 2.71. The molecule has 5 nitrogen and oxygen atoms in total. The van der Waals surface area contributed by atoms with Crippen molar-refractivity contribution in [1.82, 2.24) is 5.32 Å². The van der Waals surface area contributed by atoms with Crippen molar-refractivity contribution < 1.29 is 14.3 Å². The van der Waals surface area contributed by atoms with Gasteiger partial charge < -0.3 is 15.4 Å². The highest BCUT2D eigenvalue weighted by Crippen LogP contribution is 2.27. The van der Waals surface area contributed by atoms with Crippen LogP contribution in [0.5, 0.6) is 5.75 Å². The highest BCUT2D eigenvalue weighted by Gasteiger charge is 2.07. The normalized spacial score (nSPS) is 10.1. The monoisotopic (exact) mass is 410 g/mol. The van der Waals surface area contributed by atoms with Gasteiger partial charge in [-0.25, -0.2) is 0 Å². The third kappa shape index (κ3) is 5.54. The second kappa shape index (κ2) is 8.70. The highest BCUT2D eigenvalue weighted by molar-refractivity contribution is 9.10. The fourth-order valence-electron chi connectivity index (χ4n) is 1.91. The second-order valence-electron chi connectivity index (χ2n) is 4.96. The topological polar surface area (TPSA) is 67.4 Å². The molecule has 126 valence electrons. The zero-order chi connectivity index (χ0) is 17.5. The van der Waals surface area contributed by atoms with Crippen LogP contribution >= 0.6 is 27.5 Å². The number of anilines is 1. The minimum Gasteiger partial charge on any atom is -0.483 e. The SMILES string of the molecule is CNC(=O)Cc1ccc(NC(=O)COc2ccc(Cl)cc2Br)cc1. The maximum absolute atomic E-state index is 11.9. The number of hydrogen-bond acceptors (Lipinski definition) is 3. The second-order valence-corrected chi connectivity index (χ2v) is 6.25. The molecule has 0 aromatic heterocycles. The smallest absolute Gasteiger partial charge is 0.262 e. The first-order chi connectivity index (χ1) is 11.5. The Morgan fingerprint density at radius 3 is 2.46 bits per heavy atom. The van der Waals surface area contributed by atoms with Crippen molar-refractivity contribution in [2.45, 2.75) is 6.42 Å². The number of amides is 2. The van der Waals surface area contributed by atoms with Gasteiger partial charge in [0.25, 0.3) is 5.91 Å². The van der Waals surface area contributed by atoms with Gasteiger partial charge in [0.05, 0.1) is 10.9 Å². The maximum Gasteiger partial charge on any atom is 0.262 e. The van der Waals surface area contributed by atoms with Crippen molar-refractivity contribution in [3.05, 3.63) is 57.5 Å². The number of ether oxygens (including phenoxy) is 1. The molecule has 0 aliphatic rings. The molecule has 0 heterocycles. The highest BCUT2D eigenvalue weighted by atomic mass is 79.9. The average Bonchev–Trinajstić information content (AvgIpc) is 2.55. The van der Waals surface area contributed by atoms with E-state index in [1.807, 2.05) is 0 Å². The number of carbonyl (C=O) groups excluding carboxylic acids is 2. The van der Waals surface area contributed by atoms with Gasteiger partial charge in [0, 0.05) is 17.8 Å². The summed E-state index contributed by atoms with van der Waals surface area (Å²) in [6, 6.07) is 12.1. The van der Waals surface area contributed by atoms with E-state index in [-0.39, 0.29) is 18.4 Å². The number of carbonyl (C=O) groups is 2. The molecular formula is C17H16BrClN2O3. The Hall–Kier alpha value is -2.05. The van der Waals surface area contributed by atoms with Gasteiger partial charge in [-0.3, -0.25) is 9.59 Å². The molecule has 0 saturated heterocycles. The van der Waals surface area contributed by atoms with Crippen molar-refractivity contribution in [3.8, 4) is 5.75 Å². The van der Waals surface area contributed by atoms with Gasteiger partial charge in [-0.2, -0.15) is 0 Å². The third-order valence-electron chi connectivity index (χ3n) is 3.13. The summed E-state index contributed by atoms with van der Waals surface area (Å²) in [5.74, 6) is 0.195. The summed E-state index contributed by atoms with van der Waals surface area (Å²) in [5.41, 5.74) is 1.51. The Morgan fingerprint density at radius 1 is 1.12 bits per heavy atom. The van der Waals surface area contributed by atoms with Crippen LogP contribution in [0.15, 0.2) is 46.9 Å². The zero-order valence-corrected chi connectivity index (χ0v) is 15.3. The lowest BCUT2D eigenvalue weighted by atomic mass is 10.1. The molecule has 0 fully saturated rings. The van der Waals surface area contributed by atoms with Crippen molar-refractivity contribution >= 4 is 45.0 Å². The quantitative estimate of drug-likeness (QED) is 0.765. The van der Waals surface area contributed by atoms with Gasteiger partial charge in [-0.1, -0.05) is 23.7 Å². The molecule has 7 heteroatoms. The molecule has 0 spiro atoms. The Kier molecular flexibility index (Phi) is 6.63. The Morgan fingerprint density at radius 2 is 1.83 bits per heavy atom. The van der Waals surface area contributed by atoms with E-state index in [0.717, 1.165) is 5.56 Å². The summed E-state index contributed by atoms with van der Waals surface area (Å²) in [4.78, 5) is 23.2. The number of halogens is 2. The Balaban J connectivity index is 1.86. The van der Waals surface area contributed by atoms with Crippen LogP contribution in [0.4, 0.5) is 5.69 Å². The first kappa shape index (κ1) is 18.3. The van der Waals surface area contributed by atoms with Crippen molar-refractivity contribution in [3.63, 3.8) is 0 Å². The molecular weight excluding hydrogens is 396 g/mol. The minimum absolute atomic E-state index is 0.0614. The number of rotatable bonds is 6. The Labute approximate surface area is 153 Å². The van der Waals surface area contributed by atoms with E-state index in [4.69, 9.17) is 16.3 Å². The molecule has 0 atom stereocenters. The van der Waals surface area contributed by atoms with Crippen molar-refractivity contribution in [1.29, 1.82) is 0 Å². The molecule has 2 amide bonds. The van der Waals surface area contributed by atoms with Gasteiger partial charge in [0.2, 0.25) is 5.91 Å². The molecule has 2 aromatic rings. The van der Waals surface area contributed by atoms with E-state index in [9.17, 15) is 9.59 Å². The van der Waals surface area contributed by atoms with Crippen LogP contribution in [0.1, 0.15) is 5.56 Å². The number of benzene rings is 2.